The van der Waals surface area contributed by atoms with E-state index in [0.29, 0.717) is 19.3 Å². The largest absolute Gasteiger partial charge is 0.418 e. The van der Waals surface area contributed by atoms with Gasteiger partial charge in [0.2, 0.25) is 0 Å². The Bertz CT molecular complexity index is 500. The SMILES string of the molecule is CCC(CC)(CC)NC(=O)c1cccc(C(F)(F)F)c1N. The zero-order chi connectivity index (χ0) is 16.3. The zero-order valence-corrected chi connectivity index (χ0v) is 12.5. The van der Waals surface area contributed by atoms with Crippen LogP contribution in [0, 0.1) is 0 Å². The summed E-state index contributed by atoms with van der Waals surface area (Å²) in [5.41, 5.74) is 3.47. The minimum absolute atomic E-state index is 0.135. The lowest BCUT2D eigenvalue weighted by Crippen LogP contribution is -2.47. The molecule has 0 saturated carbocycles. The Kier molecular flexibility index (Phi) is 5.25. The molecule has 0 atom stereocenters. The lowest BCUT2D eigenvalue weighted by Gasteiger charge is -2.32. The molecule has 3 N–H and O–H groups in total. The summed E-state index contributed by atoms with van der Waals surface area (Å²) in [5, 5.41) is 2.83. The smallest absolute Gasteiger partial charge is 0.398 e. The average molecular weight is 302 g/mol. The summed E-state index contributed by atoms with van der Waals surface area (Å²) in [6.07, 6.45) is -2.47. The van der Waals surface area contributed by atoms with Gasteiger partial charge in [0.25, 0.3) is 5.91 Å². The van der Waals surface area contributed by atoms with Crippen LogP contribution >= 0.6 is 0 Å². The van der Waals surface area contributed by atoms with E-state index < -0.39 is 28.9 Å². The first-order chi connectivity index (χ1) is 9.70. The lowest BCUT2D eigenvalue weighted by molar-refractivity contribution is -0.136. The minimum Gasteiger partial charge on any atom is -0.398 e. The molecule has 0 aliphatic rings. The predicted molar refractivity (Wildman–Crippen MR) is 76.9 cm³/mol. The second-order valence-electron chi connectivity index (χ2n) is 5.06. The fraction of sp³-hybridized carbons (Fsp3) is 0.533. The number of hydrogen-bond acceptors (Lipinski definition) is 2. The van der Waals surface area contributed by atoms with E-state index in [-0.39, 0.29) is 5.56 Å². The van der Waals surface area contributed by atoms with Crippen LogP contribution in [-0.4, -0.2) is 11.4 Å². The molecule has 118 valence electrons. The number of hydrogen-bond donors (Lipinski definition) is 2. The van der Waals surface area contributed by atoms with Gasteiger partial charge in [0, 0.05) is 5.54 Å². The van der Waals surface area contributed by atoms with Gasteiger partial charge in [-0.15, -0.1) is 0 Å². The molecule has 0 aliphatic heterocycles. The van der Waals surface area contributed by atoms with Crippen molar-refractivity contribution < 1.29 is 18.0 Å². The van der Waals surface area contributed by atoms with Crippen molar-refractivity contribution in [3.63, 3.8) is 0 Å². The molecule has 0 spiro atoms. The number of halogens is 3. The van der Waals surface area contributed by atoms with Gasteiger partial charge in [-0.1, -0.05) is 26.8 Å². The van der Waals surface area contributed by atoms with E-state index in [0.717, 1.165) is 6.07 Å². The molecule has 0 bridgehead atoms. The van der Waals surface area contributed by atoms with Crippen LogP contribution in [0.2, 0.25) is 0 Å². The van der Waals surface area contributed by atoms with Gasteiger partial charge in [-0.3, -0.25) is 4.79 Å². The lowest BCUT2D eigenvalue weighted by atomic mass is 9.89. The molecule has 21 heavy (non-hydrogen) atoms. The Morgan fingerprint density at radius 3 is 2.10 bits per heavy atom. The Morgan fingerprint density at radius 1 is 1.14 bits per heavy atom. The van der Waals surface area contributed by atoms with Crippen molar-refractivity contribution in [3.05, 3.63) is 29.3 Å². The molecule has 0 aliphatic carbocycles. The Hall–Kier alpha value is -1.72. The third kappa shape index (κ3) is 3.68. The van der Waals surface area contributed by atoms with E-state index >= 15 is 0 Å². The molecule has 1 amide bonds. The summed E-state index contributed by atoms with van der Waals surface area (Å²) in [6.45, 7) is 5.80. The van der Waals surface area contributed by atoms with Crippen LogP contribution in [0.3, 0.4) is 0 Å². The highest BCUT2D eigenvalue weighted by Crippen LogP contribution is 2.35. The Balaban J connectivity index is 3.15. The van der Waals surface area contributed by atoms with E-state index in [2.05, 4.69) is 5.32 Å². The van der Waals surface area contributed by atoms with Crippen molar-refractivity contribution in [2.45, 2.75) is 51.7 Å². The summed E-state index contributed by atoms with van der Waals surface area (Å²) in [6, 6.07) is 3.38. The first-order valence-corrected chi connectivity index (χ1v) is 6.99. The third-order valence-corrected chi connectivity index (χ3v) is 4.07. The topological polar surface area (TPSA) is 55.1 Å². The molecule has 0 unspecified atom stereocenters. The van der Waals surface area contributed by atoms with E-state index in [1.54, 1.807) is 0 Å². The first-order valence-electron chi connectivity index (χ1n) is 6.99. The van der Waals surface area contributed by atoms with Crippen molar-refractivity contribution in [2.75, 3.05) is 5.73 Å². The second kappa shape index (κ2) is 6.37. The summed E-state index contributed by atoms with van der Waals surface area (Å²) in [7, 11) is 0. The third-order valence-electron chi connectivity index (χ3n) is 4.07. The summed E-state index contributed by atoms with van der Waals surface area (Å²) >= 11 is 0. The summed E-state index contributed by atoms with van der Waals surface area (Å²) in [4.78, 5) is 12.3. The van der Waals surface area contributed by atoms with Gasteiger partial charge < -0.3 is 11.1 Å². The van der Waals surface area contributed by atoms with Crippen molar-refractivity contribution in [1.29, 1.82) is 0 Å². The molecule has 3 nitrogen and oxygen atoms in total. The molecule has 0 radical (unpaired) electrons. The maximum absolute atomic E-state index is 12.8. The van der Waals surface area contributed by atoms with Crippen LogP contribution in [0.25, 0.3) is 0 Å². The van der Waals surface area contributed by atoms with Gasteiger partial charge >= 0.3 is 6.18 Å². The van der Waals surface area contributed by atoms with E-state index in [9.17, 15) is 18.0 Å². The molecule has 0 heterocycles. The van der Waals surface area contributed by atoms with Crippen molar-refractivity contribution >= 4 is 11.6 Å². The van der Waals surface area contributed by atoms with Gasteiger partial charge in [0.05, 0.1) is 16.8 Å². The van der Waals surface area contributed by atoms with E-state index in [1.807, 2.05) is 20.8 Å². The number of benzene rings is 1. The Morgan fingerprint density at radius 2 is 1.67 bits per heavy atom. The molecule has 1 aromatic rings. The number of alkyl halides is 3. The number of nitrogens with two attached hydrogens (primary N) is 1. The summed E-state index contributed by atoms with van der Waals surface area (Å²) < 4.78 is 38.5. The number of para-hydroxylation sites is 1. The van der Waals surface area contributed by atoms with Crippen LogP contribution in [-0.2, 0) is 6.18 Å². The summed E-state index contributed by atoms with van der Waals surface area (Å²) in [5.74, 6) is -0.566. The maximum Gasteiger partial charge on any atom is 0.418 e. The molecule has 1 aromatic carbocycles. The van der Waals surface area contributed by atoms with Gasteiger partial charge in [0.15, 0.2) is 0 Å². The number of rotatable bonds is 5. The molecule has 1 rings (SSSR count). The van der Waals surface area contributed by atoms with Crippen LogP contribution in [0.15, 0.2) is 18.2 Å². The van der Waals surface area contributed by atoms with Gasteiger partial charge in [-0.05, 0) is 31.4 Å². The molecule has 0 fully saturated rings. The molecule has 6 heteroatoms. The van der Waals surface area contributed by atoms with Crippen molar-refractivity contribution in [1.82, 2.24) is 5.32 Å². The monoisotopic (exact) mass is 302 g/mol. The number of amides is 1. The predicted octanol–water partition coefficient (Wildman–Crippen LogP) is 3.99. The quantitative estimate of drug-likeness (QED) is 0.808. The molecule has 0 saturated heterocycles. The molecule has 0 aromatic heterocycles. The standard InChI is InChI=1S/C15H21F3N2O/c1-4-14(5-2,6-3)20-13(21)10-8-7-9-11(12(10)19)15(16,17)18/h7-9H,4-6,19H2,1-3H3,(H,20,21). The molecular formula is C15H21F3N2O. The number of carbonyl (C=O) groups excluding carboxylic acids is 1. The van der Waals surface area contributed by atoms with E-state index in [1.165, 1.54) is 12.1 Å². The first kappa shape index (κ1) is 17.3. The van der Waals surface area contributed by atoms with E-state index in [4.69, 9.17) is 5.73 Å². The highest BCUT2D eigenvalue weighted by atomic mass is 19.4. The van der Waals surface area contributed by atoms with Gasteiger partial charge in [-0.2, -0.15) is 13.2 Å². The van der Waals surface area contributed by atoms with Crippen molar-refractivity contribution in [2.24, 2.45) is 0 Å². The normalized spacial score (nSPS) is 12.3. The van der Waals surface area contributed by atoms with Crippen LogP contribution in [0.1, 0.15) is 56.0 Å². The number of carbonyl (C=O) groups is 1. The second-order valence-corrected chi connectivity index (χ2v) is 5.06. The maximum atomic E-state index is 12.8. The van der Waals surface area contributed by atoms with Crippen molar-refractivity contribution in [3.8, 4) is 0 Å². The minimum atomic E-state index is -4.57. The van der Waals surface area contributed by atoms with Gasteiger partial charge in [-0.25, -0.2) is 0 Å². The highest BCUT2D eigenvalue weighted by Gasteiger charge is 2.35. The fourth-order valence-corrected chi connectivity index (χ4v) is 2.33. The Labute approximate surface area is 122 Å². The number of anilines is 1. The van der Waals surface area contributed by atoms with Gasteiger partial charge in [0.1, 0.15) is 0 Å². The van der Waals surface area contributed by atoms with Crippen LogP contribution < -0.4 is 11.1 Å². The zero-order valence-electron chi connectivity index (χ0n) is 12.5. The molecular weight excluding hydrogens is 281 g/mol. The highest BCUT2D eigenvalue weighted by molar-refractivity contribution is 6.00. The van der Waals surface area contributed by atoms with Crippen LogP contribution in [0.4, 0.5) is 18.9 Å². The average Bonchev–Trinajstić information content (AvgIpc) is 2.43. The fourth-order valence-electron chi connectivity index (χ4n) is 2.33. The number of nitrogens with one attached hydrogen (secondary N) is 1. The number of nitrogen functional groups attached to an aromatic ring is 1. The van der Waals surface area contributed by atoms with Crippen LogP contribution in [0.5, 0.6) is 0 Å².